The Morgan fingerprint density at radius 1 is 1.46 bits per heavy atom. The second-order valence-electron chi connectivity index (χ2n) is 4.34. The zero-order valence-electron chi connectivity index (χ0n) is 9.10. The van der Waals surface area contributed by atoms with E-state index in [9.17, 15) is 0 Å². The average Bonchev–Trinajstić information content (AvgIpc) is 2.03. The van der Waals surface area contributed by atoms with E-state index in [2.05, 4.69) is 35.8 Å². The van der Waals surface area contributed by atoms with Crippen molar-refractivity contribution >= 4 is 11.8 Å². The van der Waals surface area contributed by atoms with Gasteiger partial charge >= 0.3 is 0 Å². The van der Waals surface area contributed by atoms with Crippen molar-refractivity contribution < 1.29 is 0 Å². The van der Waals surface area contributed by atoms with E-state index in [0.717, 1.165) is 6.54 Å². The molecule has 1 heterocycles. The Labute approximate surface area is 86.5 Å². The van der Waals surface area contributed by atoms with Crippen molar-refractivity contribution in [1.29, 1.82) is 0 Å². The van der Waals surface area contributed by atoms with Gasteiger partial charge in [0.25, 0.3) is 0 Å². The van der Waals surface area contributed by atoms with Gasteiger partial charge in [0.2, 0.25) is 0 Å². The maximum Gasteiger partial charge on any atom is 0.0231 e. The molecule has 0 saturated carbocycles. The molecule has 1 saturated heterocycles. The number of hydrogen-bond acceptors (Lipinski definition) is 3. The van der Waals surface area contributed by atoms with Crippen LogP contribution in [0.4, 0.5) is 0 Å². The van der Waals surface area contributed by atoms with E-state index in [4.69, 9.17) is 0 Å². The first-order chi connectivity index (χ1) is 6.14. The van der Waals surface area contributed by atoms with Crippen LogP contribution in [0.5, 0.6) is 0 Å². The summed E-state index contributed by atoms with van der Waals surface area (Å²) in [6, 6.07) is 0. The first-order valence-corrected chi connectivity index (χ1v) is 6.13. The lowest BCUT2D eigenvalue weighted by molar-refractivity contribution is 0.257. The van der Waals surface area contributed by atoms with Crippen LogP contribution in [0.3, 0.4) is 0 Å². The van der Waals surface area contributed by atoms with Crippen molar-refractivity contribution in [2.75, 3.05) is 39.0 Å². The molecule has 78 valence electrons. The van der Waals surface area contributed by atoms with Crippen molar-refractivity contribution in [1.82, 2.24) is 10.2 Å². The molecule has 0 atom stereocenters. The highest BCUT2D eigenvalue weighted by Gasteiger charge is 2.26. The van der Waals surface area contributed by atoms with Crippen molar-refractivity contribution in [3.63, 3.8) is 0 Å². The van der Waals surface area contributed by atoms with Crippen molar-refractivity contribution in [3.8, 4) is 0 Å². The Morgan fingerprint density at radius 3 is 2.85 bits per heavy atom. The van der Waals surface area contributed by atoms with Crippen LogP contribution < -0.4 is 5.32 Å². The van der Waals surface area contributed by atoms with Gasteiger partial charge in [0.15, 0.2) is 0 Å². The monoisotopic (exact) mass is 202 g/mol. The third-order valence-electron chi connectivity index (χ3n) is 2.41. The lowest BCUT2D eigenvalue weighted by atomic mass is 10.2. The number of rotatable bonds is 4. The topological polar surface area (TPSA) is 15.3 Å². The minimum absolute atomic E-state index is 0.470. The molecular weight excluding hydrogens is 180 g/mol. The molecule has 0 unspecified atom stereocenters. The third-order valence-corrected chi connectivity index (χ3v) is 3.70. The summed E-state index contributed by atoms with van der Waals surface area (Å²) in [5, 5.41) is 3.20. The molecule has 0 aromatic rings. The highest BCUT2D eigenvalue weighted by molar-refractivity contribution is 8.00. The SMILES string of the molecule is CNCCCN1CCSC(C)(C)C1. The summed E-state index contributed by atoms with van der Waals surface area (Å²) in [7, 11) is 2.02. The first-order valence-electron chi connectivity index (χ1n) is 5.15. The summed E-state index contributed by atoms with van der Waals surface area (Å²) in [6.07, 6.45) is 1.28. The van der Waals surface area contributed by atoms with Gasteiger partial charge in [0, 0.05) is 23.6 Å². The Balaban J connectivity index is 2.19. The largest absolute Gasteiger partial charge is 0.320 e. The van der Waals surface area contributed by atoms with Crippen LogP contribution in [0.25, 0.3) is 0 Å². The Morgan fingerprint density at radius 2 is 2.23 bits per heavy atom. The summed E-state index contributed by atoms with van der Waals surface area (Å²) in [6.45, 7) is 9.62. The van der Waals surface area contributed by atoms with E-state index in [0.29, 0.717) is 4.75 Å². The van der Waals surface area contributed by atoms with Gasteiger partial charge in [-0.25, -0.2) is 0 Å². The fourth-order valence-electron chi connectivity index (χ4n) is 1.78. The van der Waals surface area contributed by atoms with E-state index in [1.165, 1.54) is 31.8 Å². The molecule has 13 heavy (non-hydrogen) atoms. The van der Waals surface area contributed by atoms with E-state index in [-0.39, 0.29) is 0 Å². The van der Waals surface area contributed by atoms with Gasteiger partial charge in [0.05, 0.1) is 0 Å². The lowest BCUT2D eigenvalue weighted by Crippen LogP contribution is -2.43. The van der Waals surface area contributed by atoms with Crippen LogP contribution in [-0.2, 0) is 0 Å². The first kappa shape index (κ1) is 11.3. The normalized spacial score (nSPS) is 23.3. The van der Waals surface area contributed by atoms with Gasteiger partial charge in [-0.3, -0.25) is 0 Å². The molecule has 1 aliphatic heterocycles. The molecule has 0 bridgehead atoms. The average molecular weight is 202 g/mol. The number of hydrogen-bond donors (Lipinski definition) is 1. The predicted molar refractivity (Wildman–Crippen MR) is 61.5 cm³/mol. The molecule has 1 aliphatic rings. The van der Waals surface area contributed by atoms with E-state index < -0.39 is 0 Å². The number of nitrogens with zero attached hydrogens (tertiary/aromatic N) is 1. The Bertz CT molecular complexity index is 148. The number of nitrogens with one attached hydrogen (secondary N) is 1. The van der Waals surface area contributed by atoms with Crippen LogP contribution in [0.1, 0.15) is 20.3 Å². The Hall–Kier alpha value is 0.270. The van der Waals surface area contributed by atoms with Gasteiger partial charge in [-0.05, 0) is 40.4 Å². The zero-order chi connectivity index (χ0) is 9.73. The van der Waals surface area contributed by atoms with Crippen LogP contribution in [-0.4, -0.2) is 48.6 Å². The molecular formula is C10H22N2S. The molecule has 3 heteroatoms. The quantitative estimate of drug-likeness (QED) is 0.694. The van der Waals surface area contributed by atoms with Crippen LogP contribution >= 0.6 is 11.8 Å². The Kier molecular flexibility index (Phi) is 4.56. The van der Waals surface area contributed by atoms with Crippen molar-refractivity contribution in [3.05, 3.63) is 0 Å². The molecule has 0 spiro atoms. The summed E-state index contributed by atoms with van der Waals surface area (Å²) in [4.78, 5) is 2.59. The van der Waals surface area contributed by atoms with Gasteiger partial charge < -0.3 is 10.2 Å². The fraction of sp³-hybridized carbons (Fsp3) is 1.00. The van der Waals surface area contributed by atoms with E-state index >= 15 is 0 Å². The molecule has 1 rings (SSSR count). The molecule has 0 aromatic heterocycles. The van der Waals surface area contributed by atoms with Crippen LogP contribution in [0, 0.1) is 0 Å². The van der Waals surface area contributed by atoms with Gasteiger partial charge in [-0.15, -0.1) is 0 Å². The summed E-state index contributed by atoms with van der Waals surface area (Å²) < 4.78 is 0.470. The summed E-state index contributed by atoms with van der Waals surface area (Å²) >= 11 is 2.11. The summed E-state index contributed by atoms with van der Waals surface area (Å²) in [5.74, 6) is 1.30. The number of thioether (sulfide) groups is 1. The standard InChI is InChI=1S/C10H22N2S/c1-10(2)9-12(7-8-13-10)6-4-5-11-3/h11H,4-9H2,1-3H3. The zero-order valence-corrected chi connectivity index (χ0v) is 9.91. The fourth-order valence-corrected chi connectivity index (χ4v) is 2.96. The highest BCUT2D eigenvalue weighted by Crippen LogP contribution is 2.29. The second-order valence-corrected chi connectivity index (χ2v) is 6.14. The smallest absolute Gasteiger partial charge is 0.0231 e. The molecule has 1 fully saturated rings. The molecule has 0 radical (unpaired) electrons. The molecule has 1 N–H and O–H groups in total. The molecule has 0 aromatic carbocycles. The molecule has 0 aliphatic carbocycles. The lowest BCUT2D eigenvalue weighted by Gasteiger charge is -2.37. The maximum absolute atomic E-state index is 3.20. The predicted octanol–water partition coefficient (Wildman–Crippen LogP) is 1.42. The highest BCUT2D eigenvalue weighted by atomic mass is 32.2. The van der Waals surface area contributed by atoms with Crippen molar-refractivity contribution in [2.24, 2.45) is 0 Å². The van der Waals surface area contributed by atoms with E-state index in [1.54, 1.807) is 0 Å². The van der Waals surface area contributed by atoms with Crippen LogP contribution in [0.2, 0.25) is 0 Å². The molecule has 0 amide bonds. The third kappa shape index (κ3) is 4.34. The van der Waals surface area contributed by atoms with E-state index in [1.807, 2.05) is 7.05 Å². The van der Waals surface area contributed by atoms with Gasteiger partial charge in [0.1, 0.15) is 0 Å². The maximum atomic E-state index is 3.20. The van der Waals surface area contributed by atoms with Gasteiger partial charge in [-0.2, -0.15) is 11.8 Å². The van der Waals surface area contributed by atoms with Crippen LogP contribution in [0.15, 0.2) is 0 Å². The molecule has 2 nitrogen and oxygen atoms in total. The minimum Gasteiger partial charge on any atom is -0.320 e. The minimum atomic E-state index is 0.470. The van der Waals surface area contributed by atoms with Crippen molar-refractivity contribution in [2.45, 2.75) is 25.0 Å². The summed E-state index contributed by atoms with van der Waals surface area (Å²) in [5.41, 5.74) is 0. The second kappa shape index (κ2) is 5.23. The van der Waals surface area contributed by atoms with Gasteiger partial charge in [-0.1, -0.05) is 0 Å².